The average molecular weight is 318 g/mol. The monoisotopic (exact) mass is 318 g/mol. The lowest BCUT2D eigenvalue weighted by Gasteiger charge is -2.25. The van der Waals surface area contributed by atoms with Crippen molar-refractivity contribution in [3.63, 3.8) is 0 Å². The highest BCUT2D eigenvalue weighted by molar-refractivity contribution is 6.07. The van der Waals surface area contributed by atoms with Gasteiger partial charge < -0.3 is 9.47 Å². The molecule has 0 radical (unpaired) electrons. The molecule has 0 fully saturated rings. The summed E-state index contributed by atoms with van der Waals surface area (Å²) in [4.78, 5) is 0. The molecule has 2 aromatic rings. The predicted molar refractivity (Wildman–Crippen MR) is 98.6 cm³/mol. The summed E-state index contributed by atoms with van der Waals surface area (Å²) in [6.45, 7) is 0. The molecule has 0 heterocycles. The number of rotatable bonds is 3. The van der Waals surface area contributed by atoms with Crippen LogP contribution in [-0.4, -0.2) is 14.2 Å². The number of allylic oxidation sites excluding steroid dienone is 4. The molecule has 0 bridgehead atoms. The second-order valence-corrected chi connectivity index (χ2v) is 6.36. The molecule has 2 aromatic carbocycles. The Labute approximate surface area is 143 Å². The summed E-state index contributed by atoms with van der Waals surface area (Å²) in [6, 6.07) is 12.9. The molecule has 0 unspecified atom stereocenters. The minimum absolute atomic E-state index is 0.942. The molecule has 2 aliphatic rings. The molecule has 0 N–H and O–H groups in total. The van der Waals surface area contributed by atoms with Gasteiger partial charge in [0.05, 0.1) is 14.2 Å². The maximum Gasteiger partial charge on any atom is 0.119 e. The quantitative estimate of drug-likeness (QED) is 0.787. The molecule has 24 heavy (non-hydrogen) atoms. The summed E-state index contributed by atoms with van der Waals surface area (Å²) >= 11 is 0. The van der Waals surface area contributed by atoms with Crippen molar-refractivity contribution >= 4 is 11.1 Å². The lowest BCUT2D eigenvalue weighted by molar-refractivity contribution is 0.414. The molecule has 4 rings (SSSR count). The maximum atomic E-state index is 5.39. The molecule has 0 spiro atoms. The van der Waals surface area contributed by atoms with Gasteiger partial charge in [-0.1, -0.05) is 24.3 Å². The van der Waals surface area contributed by atoms with Gasteiger partial charge in [0.15, 0.2) is 0 Å². The van der Waals surface area contributed by atoms with E-state index >= 15 is 0 Å². The van der Waals surface area contributed by atoms with Crippen LogP contribution in [0.5, 0.6) is 11.5 Å². The Kier molecular flexibility index (Phi) is 3.89. The molecule has 0 saturated carbocycles. The molecule has 2 heteroatoms. The lowest BCUT2D eigenvalue weighted by Crippen LogP contribution is -2.06. The third kappa shape index (κ3) is 2.52. The second-order valence-electron chi connectivity index (χ2n) is 6.36. The van der Waals surface area contributed by atoms with Crippen LogP contribution in [0, 0.1) is 0 Å². The van der Waals surface area contributed by atoms with Gasteiger partial charge in [-0.15, -0.1) is 0 Å². The van der Waals surface area contributed by atoms with E-state index in [9.17, 15) is 0 Å². The van der Waals surface area contributed by atoms with Crippen molar-refractivity contribution in [3.05, 3.63) is 70.8 Å². The Bertz CT molecular complexity index is 772. The van der Waals surface area contributed by atoms with Crippen molar-refractivity contribution in [3.8, 4) is 11.5 Å². The SMILES string of the molecule is COc1ccc2c(c1)CCC=C2C1=CCCc2cc(OC)ccc21. The van der Waals surface area contributed by atoms with Crippen LogP contribution in [0.2, 0.25) is 0 Å². The summed E-state index contributed by atoms with van der Waals surface area (Å²) in [5.74, 6) is 1.88. The molecule has 2 nitrogen and oxygen atoms in total. The fourth-order valence-corrected chi connectivity index (χ4v) is 3.81. The molecular weight excluding hydrogens is 296 g/mol. The molecule has 0 atom stereocenters. The van der Waals surface area contributed by atoms with E-state index in [1.165, 1.54) is 33.4 Å². The minimum atomic E-state index is 0.942. The van der Waals surface area contributed by atoms with Crippen LogP contribution in [0.25, 0.3) is 11.1 Å². The molecule has 0 amide bonds. The Morgan fingerprint density at radius 3 is 1.54 bits per heavy atom. The molecule has 2 aliphatic carbocycles. The average Bonchev–Trinajstić information content (AvgIpc) is 2.66. The summed E-state index contributed by atoms with van der Waals surface area (Å²) in [7, 11) is 3.46. The fraction of sp³-hybridized carbons (Fsp3) is 0.273. The van der Waals surface area contributed by atoms with Gasteiger partial charge in [-0.3, -0.25) is 0 Å². The van der Waals surface area contributed by atoms with Gasteiger partial charge in [0.1, 0.15) is 11.5 Å². The normalized spacial score (nSPS) is 15.8. The van der Waals surface area contributed by atoms with Crippen molar-refractivity contribution < 1.29 is 9.47 Å². The summed E-state index contributed by atoms with van der Waals surface area (Å²) < 4.78 is 10.8. The Morgan fingerprint density at radius 1 is 0.667 bits per heavy atom. The minimum Gasteiger partial charge on any atom is -0.497 e. The lowest BCUT2D eigenvalue weighted by atomic mass is 9.80. The number of aryl methyl sites for hydroxylation is 2. The zero-order valence-corrected chi connectivity index (χ0v) is 14.3. The molecule has 122 valence electrons. The van der Waals surface area contributed by atoms with E-state index in [1.54, 1.807) is 14.2 Å². The number of benzene rings is 2. The zero-order chi connectivity index (χ0) is 16.5. The highest BCUT2D eigenvalue weighted by Crippen LogP contribution is 2.41. The first-order chi connectivity index (χ1) is 11.8. The van der Waals surface area contributed by atoms with E-state index < -0.39 is 0 Å². The van der Waals surface area contributed by atoms with Crippen molar-refractivity contribution in [1.82, 2.24) is 0 Å². The van der Waals surface area contributed by atoms with Gasteiger partial charge in [-0.25, -0.2) is 0 Å². The number of fused-ring (bicyclic) bond motifs is 2. The van der Waals surface area contributed by atoms with Crippen LogP contribution < -0.4 is 9.47 Å². The number of hydrogen-bond acceptors (Lipinski definition) is 2. The Morgan fingerprint density at radius 2 is 1.12 bits per heavy atom. The van der Waals surface area contributed by atoms with Crippen LogP contribution in [0.4, 0.5) is 0 Å². The first kappa shape index (κ1) is 15.1. The highest BCUT2D eigenvalue weighted by Gasteiger charge is 2.21. The van der Waals surface area contributed by atoms with Crippen molar-refractivity contribution in [1.29, 1.82) is 0 Å². The van der Waals surface area contributed by atoms with E-state index in [4.69, 9.17) is 9.47 Å². The first-order valence-electron chi connectivity index (χ1n) is 8.55. The second kappa shape index (κ2) is 6.20. The van der Waals surface area contributed by atoms with E-state index in [1.807, 2.05) is 0 Å². The van der Waals surface area contributed by atoms with E-state index in [0.29, 0.717) is 0 Å². The van der Waals surface area contributed by atoms with Gasteiger partial charge in [-0.05, 0) is 83.3 Å². The van der Waals surface area contributed by atoms with E-state index in [0.717, 1.165) is 37.2 Å². The van der Waals surface area contributed by atoms with Crippen molar-refractivity contribution in [2.45, 2.75) is 25.7 Å². The zero-order valence-electron chi connectivity index (χ0n) is 14.3. The predicted octanol–water partition coefficient (Wildman–Crippen LogP) is 5.06. The van der Waals surface area contributed by atoms with Crippen LogP contribution in [0.3, 0.4) is 0 Å². The Hall–Kier alpha value is -2.48. The Balaban J connectivity index is 1.78. The summed E-state index contributed by atoms with van der Waals surface area (Å²) in [6.07, 6.45) is 9.11. The number of hydrogen-bond donors (Lipinski definition) is 0. The topological polar surface area (TPSA) is 18.5 Å². The molecule has 0 aromatic heterocycles. The third-order valence-electron chi connectivity index (χ3n) is 5.02. The molecular formula is C22H22O2. The smallest absolute Gasteiger partial charge is 0.119 e. The summed E-state index contributed by atoms with van der Waals surface area (Å²) in [5.41, 5.74) is 8.19. The largest absolute Gasteiger partial charge is 0.497 e. The molecule has 0 aliphatic heterocycles. The number of methoxy groups -OCH3 is 2. The molecule has 0 saturated heterocycles. The van der Waals surface area contributed by atoms with Crippen LogP contribution in [0.15, 0.2) is 48.6 Å². The third-order valence-corrected chi connectivity index (χ3v) is 5.02. The number of ether oxygens (including phenoxy) is 2. The van der Waals surface area contributed by atoms with Gasteiger partial charge in [0.2, 0.25) is 0 Å². The standard InChI is InChI=1S/C22H22O2/c1-23-17-9-11-19-15(13-17)5-3-7-21(19)22-8-4-6-16-14-18(24-2)10-12-20(16)22/h7-14H,3-6H2,1-2H3. The van der Waals surface area contributed by atoms with E-state index in [2.05, 4.69) is 48.6 Å². The van der Waals surface area contributed by atoms with Crippen molar-refractivity contribution in [2.75, 3.05) is 14.2 Å². The van der Waals surface area contributed by atoms with Gasteiger partial charge in [0, 0.05) is 0 Å². The fourth-order valence-electron chi connectivity index (χ4n) is 3.81. The van der Waals surface area contributed by atoms with Crippen LogP contribution in [0.1, 0.15) is 35.1 Å². The van der Waals surface area contributed by atoms with Gasteiger partial charge in [0.25, 0.3) is 0 Å². The van der Waals surface area contributed by atoms with Crippen LogP contribution in [-0.2, 0) is 12.8 Å². The highest BCUT2D eigenvalue weighted by atomic mass is 16.5. The van der Waals surface area contributed by atoms with Crippen LogP contribution >= 0.6 is 0 Å². The van der Waals surface area contributed by atoms with Crippen molar-refractivity contribution in [2.24, 2.45) is 0 Å². The van der Waals surface area contributed by atoms with E-state index in [-0.39, 0.29) is 0 Å². The van der Waals surface area contributed by atoms with Gasteiger partial charge >= 0.3 is 0 Å². The maximum absolute atomic E-state index is 5.39. The first-order valence-corrected chi connectivity index (χ1v) is 8.55. The van der Waals surface area contributed by atoms with Gasteiger partial charge in [-0.2, -0.15) is 0 Å². The summed E-state index contributed by atoms with van der Waals surface area (Å²) in [5, 5.41) is 0.